The number of allylic oxidation sites excluding steroid dienone is 1. The molecule has 3 heterocycles. The molecule has 4 aromatic rings. The van der Waals surface area contributed by atoms with E-state index in [-0.39, 0.29) is 5.91 Å². The largest absolute Gasteiger partial charge is 0.417 e. The summed E-state index contributed by atoms with van der Waals surface area (Å²) in [5.74, 6) is 0.499. The van der Waals surface area contributed by atoms with Crippen molar-refractivity contribution in [1.29, 1.82) is 0 Å². The van der Waals surface area contributed by atoms with Crippen LogP contribution in [-0.2, 0) is 6.42 Å². The normalized spacial score (nSPS) is 14.5. The van der Waals surface area contributed by atoms with Gasteiger partial charge in [-0.1, -0.05) is 18.2 Å². The maximum atomic E-state index is 12.8. The van der Waals surface area contributed by atoms with E-state index in [2.05, 4.69) is 31.7 Å². The average molecular weight is 442 g/mol. The van der Waals surface area contributed by atoms with E-state index in [1.165, 1.54) is 0 Å². The lowest BCUT2D eigenvalue weighted by Gasteiger charge is -2.20. The van der Waals surface area contributed by atoms with E-state index in [4.69, 9.17) is 4.42 Å². The molecule has 1 aliphatic heterocycles. The number of fused-ring (bicyclic) bond motifs is 2. The van der Waals surface area contributed by atoms with Crippen LogP contribution in [-0.4, -0.2) is 39.4 Å². The Balaban J connectivity index is 1.41. The number of hydrogen-bond acceptors (Lipinski definition) is 7. The molecule has 3 N–H and O–H groups in total. The number of anilines is 4. The molecule has 1 amide bonds. The zero-order valence-electron chi connectivity index (χ0n) is 18.2. The molecule has 0 saturated heterocycles. The van der Waals surface area contributed by atoms with Crippen LogP contribution >= 0.6 is 0 Å². The van der Waals surface area contributed by atoms with E-state index >= 15 is 0 Å². The van der Waals surface area contributed by atoms with Gasteiger partial charge >= 0.3 is 5.76 Å². The molecule has 0 atom stereocenters. The van der Waals surface area contributed by atoms with Crippen LogP contribution in [0.5, 0.6) is 0 Å². The molecule has 0 bridgehead atoms. The van der Waals surface area contributed by atoms with Gasteiger partial charge in [0.15, 0.2) is 5.58 Å². The van der Waals surface area contributed by atoms with Crippen molar-refractivity contribution in [3.63, 3.8) is 0 Å². The van der Waals surface area contributed by atoms with Gasteiger partial charge in [-0.2, -0.15) is 4.98 Å². The molecule has 9 nitrogen and oxygen atoms in total. The van der Waals surface area contributed by atoms with Crippen molar-refractivity contribution in [3.05, 3.63) is 82.0 Å². The van der Waals surface area contributed by atoms with Gasteiger partial charge in [0.05, 0.1) is 5.52 Å². The number of oxazole rings is 1. The summed E-state index contributed by atoms with van der Waals surface area (Å²) in [4.78, 5) is 37.5. The standard InChI is InChI=1S/C24H22N6O3/c1-14-13-25-23(29-21(14)26-17-8-9-20-19(12-17)28-24(32)33-20)27-16-7-6-15-5-3-4-10-30(2)22(31)18(15)11-16/h3-4,6-9,11-13H,5,10H2,1-2H3,(H,28,32)(H2,25,26,27,29)/b4-3-. The Morgan fingerprint density at radius 2 is 1.88 bits per heavy atom. The second-order valence-corrected chi connectivity index (χ2v) is 7.93. The first-order valence-corrected chi connectivity index (χ1v) is 10.5. The maximum Gasteiger partial charge on any atom is 0.417 e. The van der Waals surface area contributed by atoms with Gasteiger partial charge in [-0.25, -0.2) is 9.78 Å². The van der Waals surface area contributed by atoms with E-state index < -0.39 is 5.76 Å². The Hall–Kier alpha value is -4.40. The van der Waals surface area contributed by atoms with Crippen molar-refractivity contribution < 1.29 is 9.21 Å². The third kappa shape index (κ3) is 4.20. The van der Waals surface area contributed by atoms with Crippen LogP contribution in [0.15, 0.2) is 64.0 Å². The molecule has 0 spiro atoms. The SMILES string of the molecule is Cc1cnc(Nc2ccc3c(c2)C(=O)N(C)C/C=C\C3)nc1Nc1ccc2oc(=O)[nH]c2c1. The second kappa shape index (κ2) is 8.27. The highest BCUT2D eigenvalue weighted by Gasteiger charge is 2.17. The van der Waals surface area contributed by atoms with Gasteiger partial charge in [-0.15, -0.1) is 0 Å². The molecule has 0 radical (unpaired) electrons. The van der Waals surface area contributed by atoms with Crippen molar-refractivity contribution in [2.45, 2.75) is 13.3 Å². The Labute approximate surface area is 189 Å². The van der Waals surface area contributed by atoms with Crippen molar-refractivity contribution in [1.82, 2.24) is 19.9 Å². The summed E-state index contributed by atoms with van der Waals surface area (Å²) in [6, 6.07) is 11.0. The molecule has 9 heteroatoms. The van der Waals surface area contributed by atoms with Gasteiger partial charge in [-0.3, -0.25) is 9.78 Å². The molecular weight excluding hydrogens is 420 g/mol. The zero-order valence-corrected chi connectivity index (χ0v) is 18.2. The number of amides is 1. The smallest absolute Gasteiger partial charge is 0.408 e. The third-order valence-electron chi connectivity index (χ3n) is 5.48. The number of rotatable bonds is 4. The molecule has 0 unspecified atom stereocenters. The molecule has 2 aromatic heterocycles. The quantitative estimate of drug-likeness (QED) is 0.411. The summed E-state index contributed by atoms with van der Waals surface area (Å²) in [6.07, 6.45) is 6.51. The Kier molecular flexibility index (Phi) is 5.14. The van der Waals surface area contributed by atoms with Gasteiger partial charge in [0.1, 0.15) is 5.82 Å². The molecule has 0 fully saturated rings. The summed E-state index contributed by atoms with van der Waals surface area (Å²) < 4.78 is 5.05. The molecule has 33 heavy (non-hydrogen) atoms. The number of benzene rings is 2. The highest BCUT2D eigenvalue weighted by Crippen LogP contribution is 2.25. The molecule has 166 valence electrons. The van der Waals surface area contributed by atoms with Crippen molar-refractivity contribution >= 4 is 40.1 Å². The average Bonchev–Trinajstić information content (AvgIpc) is 3.17. The van der Waals surface area contributed by atoms with Crippen molar-refractivity contribution in [3.8, 4) is 0 Å². The van der Waals surface area contributed by atoms with Gasteiger partial charge in [0, 0.05) is 42.3 Å². The lowest BCUT2D eigenvalue weighted by atomic mass is 10.0. The fourth-order valence-corrected chi connectivity index (χ4v) is 3.69. The molecule has 0 aliphatic carbocycles. The Bertz CT molecular complexity index is 1450. The summed E-state index contributed by atoms with van der Waals surface area (Å²) in [5.41, 5.74) is 5.06. The highest BCUT2D eigenvalue weighted by molar-refractivity contribution is 5.97. The summed E-state index contributed by atoms with van der Waals surface area (Å²) in [6.45, 7) is 2.49. The van der Waals surface area contributed by atoms with Crippen LogP contribution in [0, 0.1) is 6.92 Å². The van der Waals surface area contributed by atoms with Crippen LogP contribution in [0.1, 0.15) is 21.5 Å². The summed E-state index contributed by atoms with van der Waals surface area (Å²) in [7, 11) is 1.79. The number of carbonyl (C=O) groups excluding carboxylic acids is 1. The van der Waals surface area contributed by atoms with Gasteiger partial charge in [0.2, 0.25) is 5.95 Å². The predicted molar refractivity (Wildman–Crippen MR) is 126 cm³/mol. The number of likely N-dealkylation sites (N-methyl/N-ethyl adjacent to an activating group) is 1. The number of nitrogens with zero attached hydrogens (tertiary/aromatic N) is 3. The minimum atomic E-state index is -0.496. The van der Waals surface area contributed by atoms with E-state index in [9.17, 15) is 9.59 Å². The minimum Gasteiger partial charge on any atom is -0.408 e. The van der Waals surface area contributed by atoms with Crippen LogP contribution in [0.25, 0.3) is 11.1 Å². The Morgan fingerprint density at radius 1 is 1.06 bits per heavy atom. The first-order valence-electron chi connectivity index (χ1n) is 10.5. The van der Waals surface area contributed by atoms with Crippen LogP contribution in [0.2, 0.25) is 0 Å². The van der Waals surface area contributed by atoms with E-state index in [1.807, 2.05) is 31.2 Å². The molecule has 5 rings (SSSR count). The first kappa shape index (κ1) is 20.5. The van der Waals surface area contributed by atoms with Crippen molar-refractivity contribution in [2.24, 2.45) is 0 Å². The van der Waals surface area contributed by atoms with Crippen LogP contribution in [0.4, 0.5) is 23.1 Å². The van der Waals surface area contributed by atoms with Crippen LogP contribution < -0.4 is 16.4 Å². The fourth-order valence-electron chi connectivity index (χ4n) is 3.69. The van der Waals surface area contributed by atoms with Crippen LogP contribution in [0.3, 0.4) is 0 Å². The first-order chi connectivity index (χ1) is 16.0. The molecule has 2 aromatic carbocycles. The van der Waals surface area contributed by atoms with Gasteiger partial charge < -0.3 is 20.0 Å². The summed E-state index contributed by atoms with van der Waals surface area (Å²) >= 11 is 0. The number of aryl methyl sites for hydroxylation is 1. The fraction of sp³-hybridized carbons (Fsp3) is 0.167. The lowest BCUT2D eigenvalue weighted by Crippen LogP contribution is -2.28. The van der Waals surface area contributed by atoms with Gasteiger partial charge in [0.25, 0.3) is 5.91 Å². The summed E-state index contributed by atoms with van der Waals surface area (Å²) in [5, 5.41) is 6.45. The molecule has 1 aliphatic rings. The molecule has 0 saturated carbocycles. The lowest BCUT2D eigenvalue weighted by molar-refractivity contribution is 0.0808. The van der Waals surface area contributed by atoms with Crippen molar-refractivity contribution in [2.75, 3.05) is 24.2 Å². The second-order valence-electron chi connectivity index (χ2n) is 7.93. The number of aromatic amines is 1. The van der Waals surface area contributed by atoms with E-state index in [1.54, 1.807) is 36.3 Å². The number of aromatic nitrogens is 3. The Morgan fingerprint density at radius 3 is 2.76 bits per heavy atom. The maximum absolute atomic E-state index is 12.8. The van der Waals surface area contributed by atoms with E-state index in [0.29, 0.717) is 35.0 Å². The number of hydrogen-bond donors (Lipinski definition) is 3. The number of nitrogens with one attached hydrogen (secondary N) is 3. The minimum absolute atomic E-state index is 0.0159. The third-order valence-corrected chi connectivity index (χ3v) is 5.48. The van der Waals surface area contributed by atoms with Gasteiger partial charge in [-0.05, 0) is 49.2 Å². The topological polar surface area (TPSA) is 116 Å². The highest BCUT2D eigenvalue weighted by atomic mass is 16.4. The number of H-pyrrole nitrogens is 1. The molecular formula is C24H22N6O3. The monoisotopic (exact) mass is 442 g/mol. The van der Waals surface area contributed by atoms with E-state index in [0.717, 1.165) is 28.9 Å². The predicted octanol–water partition coefficient (Wildman–Crippen LogP) is 3.89. The zero-order chi connectivity index (χ0) is 22.9. The number of carbonyl (C=O) groups is 1.